The van der Waals surface area contributed by atoms with E-state index in [-0.39, 0.29) is 0 Å². The van der Waals surface area contributed by atoms with Gasteiger partial charge in [0.1, 0.15) is 5.75 Å². The minimum absolute atomic E-state index is 0.553. The molecule has 1 N–H and O–H groups in total. The van der Waals surface area contributed by atoms with Crippen LogP contribution < -0.4 is 10.1 Å². The predicted molar refractivity (Wildman–Crippen MR) is 114 cm³/mol. The monoisotopic (exact) mass is 413 g/mol. The highest BCUT2D eigenvalue weighted by Gasteiger charge is 2.10. The number of hydrogen-bond donors (Lipinski definition) is 1. The fourth-order valence-electron chi connectivity index (χ4n) is 2.82. The molecule has 0 atom stereocenters. The number of guanidine groups is 1. The first kappa shape index (κ1) is 20.7. The van der Waals surface area contributed by atoms with E-state index in [1.54, 1.807) is 26.3 Å². The molecule has 0 radical (unpaired) electrons. The van der Waals surface area contributed by atoms with E-state index in [0.29, 0.717) is 29.7 Å². The molecule has 0 aliphatic carbocycles. The minimum atomic E-state index is 0.553. The van der Waals surface area contributed by atoms with Crippen molar-refractivity contribution in [3.05, 3.63) is 65.0 Å². The van der Waals surface area contributed by atoms with Gasteiger partial charge >= 0.3 is 0 Å². The highest BCUT2D eigenvalue weighted by Crippen LogP contribution is 2.18. The molecule has 0 fully saturated rings. The Morgan fingerprint density at radius 2 is 1.90 bits per heavy atom. The molecule has 0 amide bonds. The lowest BCUT2D eigenvalue weighted by Crippen LogP contribution is -2.39. The number of methoxy groups -OCH3 is 1. The fraction of sp³-hybridized carbons (Fsp3) is 0.286. The summed E-state index contributed by atoms with van der Waals surface area (Å²) >= 11 is 5.91. The largest absolute Gasteiger partial charge is 0.497 e. The highest BCUT2D eigenvalue weighted by molar-refractivity contribution is 6.30. The van der Waals surface area contributed by atoms with Crippen molar-refractivity contribution in [2.45, 2.75) is 13.0 Å². The van der Waals surface area contributed by atoms with Crippen molar-refractivity contribution >= 4 is 17.6 Å². The van der Waals surface area contributed by atoms with Crippen LogP contribution in [-0.4, -0.2) is 48.8 Å². The van der Waals surface area contributed by atoms with Gasteiger partial charge in [-0.05, 0) is 42.0 Å². The Balaban J connectivity index is 1.51. The molecular weight excluding hydrogens is 390 g/mol. The molecule has 1 heterocycles. The number of nitrogens with one attached hydrogen (secondary N) is 1. The molecule has 3 aromatic rings. The Hall–Kier alpha value is -3.06. The van der Waals surface area contributed by atoms with E-state index < -0.39 is 0 Å². The normalized spacial score (nSPS) is 11.4. The average molecular weight is 414 g/mol. The Morgan fingerprint density at radius 3 is 2.55 bits per heavy atom. The molecule has 0 saturated heterocycles. The molecule has 0 unspecified atom stereocenters. The van der Waals surface area contributed by atoms with Gasteiger partial charge in [0.05, 0.1) is 7.11 Å². The molecule has 0 bridgehead atoms. The van der Waals surface area contributed by atoms with Crippen LogP contribution in [0.25, 0.3) is 11.4 Å². The Bertz CT molecular complexity index is 938. The van der Waals surface area contributed by atoms with E-state index in [1.165, 1.54) is 5.56 Å². The van der Waals surface area contributed by atoms with Gasteiger partial charge in [0.2, 0.25) is 11.7 Å². The van der Waals surface area contributed by atoms with E-state index in [0.717, 1.165) is 23.8 Å². The van der Waals surface area contributed by atoms with Gasteiger partial charge < -0.3 is 19.5 Å². The first-order valence-electron chi connectivity index (χ1n) is 9.22. The van der Waals surface area contributed by atoms with Crippen LogP contribution in [0, 0.1) is 0 Å². The van der Waals surface area contributed by atoms with Crippen LogP contribution >= 0.6 is 11.6 Å². The summed E-state index contributed by atoms with van der Waals surface area (Å²) in [5.41, 5.74) is 2.04. The summed E-state index contributed by atoms with van der Waals surface area (Å²) in [6, 6.07) is 15.3. The SMILES string of the molecule is CN=C(NCCc1nc(-c2ccc(Cl)cc2)no1)N(C)Cc1ccc(OC)cc1. The van der Waals surface area contributed by atoms with Crippen LogP contribution in [0.5, 0.6) is 5.75 Å². The van der Waals surface area contributed by atoms with Gasteiger partial charge in [-0.15, -0.1) is 0 Å². The number of rotatable bonds is 7. The van der Waals surface area contributed by atoms with Gasteiger partial charge in [-0.3, -0.25) is 4.99 Å². The number of aliphatic imine (C=N–C) groups is 1. The van der Waals surface area contributed by atoms with E-state index in [2.05, 4.69) is 25.3 Å². The van der Waals surface area contributed by atoms with Crippen LogP contribution in [0.1, 0.15) is 11.5 Å². The summed E-state index contributed by atoms with van der Waals surface area (Å²) < 4.78 is 10.5. The zero-order chi connectivity index (χ0) is 20.6. The van der Waals surface area contributed by atoms with E-state index in [4.69, 9.17) is 20.9 Å². The van der Waals surface area contributed by atoms with Crippen molar-refractivity contribution in [1.29, 1.82) is 0 Å². The lowest BCUT2D eigenvalue weighted by molar-refractivity contribution is 0.377. The molecule has 152 valence electrons. The smallest absolute Gasteiger partial charge is 0.228 e. The van der Waals surface area contributed by atoms with Crippen molar-refractivity contribution in [3.8, 4) is 17.1 Å². The number of nitrogens with zero attached hydrogens (tertiary/aromatic N) is 4. The number of benzene rings is 2. The summed E-state index contributed by atoms with van der Waals surface area (Å²) in [5.74, 6) is 2.75. The molecule has 7 nitrogen and oxygen atoms in total. The summed E-state index contributed by atoms with van der Waals surface area (Å²) in [5, 5.41) is 8.03. The van der Waals surface area contributed by atoms with Crippen LogP contribution in [0.2, 0.25) is 5.02 Å². The maximum Gasteiger partial charge on any atom is 0.228 e. The third-order valence-corrected chi connectivity index (χ3v) is 4.60. The third kappa shape index (κ3) is 5.71. The zero-order valence-electron chi connectivity index (χ0n) is 16.7. The third-order valence-electron chi connectivity index (χ3n) is 4.34. The quantitative estimate of drug-likeness (QED) is 0.470. The van der Waals surface area contributed by atoms with Crippen molar-refractivity contribution in [2.24, 2.45) is 4.99 Å². The topological polar surface area (TPSA) is 75.8 Å². The molecule has 0 saturated carbocycles. The maximum absolute atomic E-state index is 5.91. The molecule has 2 aromatic carbocycles. The van der Waals surface area contributed by atoms with Crippen molar-refractivity contribution in [2.75, 3.05) is 27.7 Å². The molecule has 0 spiro atoms. The zero-order valence-corrected chi connectivity index (χ0v) is 17.5. The van der Waals surface area contributed by atoms with Crippen LogP contribution in [0.15, 0.2) is 58.0 Å². The highest BCUT2D eigenvalue weighted by atomic mass is 35.5. The molecule has 8 heteroatoms. The summed E-state index contributed by atoms with van der Waals surface area (Å²) in [6.07, 6.45) is 0.593. The first-order chi connectivity index (χ1) is 14.1. The number of aromatic nitrogens is 2. The lowest BCUT2D eigenvalue weighted by atomic mass is 10.2. The number of halogens is 1. The van der Waals surface area contributed by atoms with Crippen LogP contribution in [-0.2, 0) is 13.0 Å². The van der Waals surface area contributed by atoms with Gasteiger partial charge in [-0.2, -0.15) is 4.98 Å². The second kappa shape index (κ2) is 9.93. The predicted octanol–water partition coefficient (Wildman–Crippen LogP) is 3.65. The standard InChI is InChI=1S/C21H24ClN5O2/c1-23-21(27(2)14-15-4-10-18(28-3)11-5-15)24-13-12-19-25-20(26-29-19)16-6-8-17(22)9-7-16/h4-11H,12-14H2,1-3H3,(H,23,24). The van der Waals surface area contributed by atoms with Gasteiger partial charge in [-0.25, -0.2) is 0 Å². The van der Waals surface area contributed by atoms with E-state index in [1.807, 2.05) is 43.4 Å². The molecule has 0 aliphatic rings. The van der Waals surface area contributed by atoms with Crippen LogP contribution in [0.3, 0.4) is 0 Å². The van der Waals surface area contributed by atoms with Gasteiger partial charge in [0.15, 0.2) is 5.96 Å². The average Bonchev–Trinajstić information content (AvgIpc) is 3.21. The number of hydrogen-bond acceptors (Lipinski definition) is 5. The maximum atomic E-state index is 5.91. The lowest BCUT2D eigenvalue weighted by Gasteiger charge is -2.22. The molecule has 1 aromatic heterocycles. The van der Waals surface area contributed by atoms with E-state index >= 15 is 0 Å². The molecule has 3 rings (SSSR count). The van der Waals surface area contributed by atoms with Crippen molar-refractivity contribution in [1.82, 2.24) is 20.4 Å². The van der Waals surface area contributed by atoms with Gasteiger partial charge in [0, 0.05) is 44.2 Å². The second-order valence-electron chi connectivity index (χ2n) is 6.45. The molecular formula is C21H24ClN5O2. The fourth-order valence-corrected chi connectivity index (χ4v) is 2.94. The first-order valence-corrected chi connectivity index (χ1v) is 9.60. The number of ether oxygens (including phenoxy) is 1. The van der Waals surface area contributed by atoms with Crippen LogP contribution in [0.4, 0.5) is 0 Å². The Kier molecular flexibility index (Phi) is 7.08. The van der Waals surface area contributed by atoms with Gasteiger partial charge in [-0.1, -0.05) is 28.9 Å². The van der Waals surface area contributed by atoms with Crippen molar-refractivity contribution < 1.29 is 9.26 Å². The molecule has 0 aliphatic heterocycles. The Labute approximate surface area is 175 Å². The Morgan fingerprint density at radius 1 is 1.17 bits per heavy atom. The molecule has 29 heavy (non-hydrogen) atoms. The summed E-state index contributed by atoms with van der Waals surface area (Å²) in [4.78, 5) is 10.8. The second-order valence-corrected chi connectivity index (χ2v) is 6.88. The summed E-state index contributed by atoms with van der Waals surface area (Å²) in [7, 11) is 5.41. The van der Waals surface area contributed by atoms with Gasteiger partial charge in [0.25, 0.3) is 0 Å². The summed E-state index contributed by atoms with van der Waals surface area (Å²) in [6.45, 7) is 1.35. The van der Waals surface area contributed by atoms with Crippen molar-refractivity contribution in [3.63, 3.8) is 0 Å². The minimum Gasteiger partial charge on any atom is -0.497 e. The van der Waals surface area contributed by atoms with E-state index in [9.17, 15) is 0 Å².